The zero-order valence-corrected chi connectivity index (χ0v) is 15.4. The zero-order valence-electron chi connectivity index (χ0n) is 15.4. The average Bonchev–Trinajstić information content (AvgIpc) is 2.66. The number of non-ortho nitro benzene ring substituents is 1. The summed E-state index contributed by atoms with van der Waals surface area (Å²) in [6.45, 7) is 1.75. The fraction of sp³-hybridized carbons (Fsp3) is 0.211. The lowest BCUT2D eigenvalue weighted by Gasteiger charge is -2.14. The van der Waals surface area contributed by atoms with Gasteiger partial charge in [-0.3, -0.25) is 14.9 Å². The highest BCUT2D eigenvalue weighted by Gasteiger charge is 2.15. The minimum absolute atomic E-state index is 0.0959. The minimum atomic E-state index is -0.514. The minimum Gasteiger partial charge on any atom is -0.493 e. The van der Waals surface area contributed by atoms with Crippen LogP contribution in [-0.2, 0) is 4.79 Å². The Morgan fingerprint density at radius 2 is 1.78 bits per heavy atom. The van der Waals surface area contributed by atoms with E-state index in [1.165, 1.54) is 39.5 Å². The number of nitro groups is 1. The highest BCUT2D eigenvalue weighted by atomic mass is 16.6. The molecule has 0 spiro atoms. The Labute approximate surface area is 156 Å². The second-order valence-corrected chi connectivity index (χ2v) is 5.50. The molecule has 0 radical (unpaired) electrons. The molecule has 0 aromatic heterocycles. The predicted octanol–water partition coefficient (Wildman–Crippen LogP) is 3.58. The fourth-order valence-corrected chi connectivity index (χ4v) is 2.45. The number of nitrogens with zero attached hydrogens (tertiary/aromatic N) is 1. The van der Waals surface area contributed by atoms with Gasteiger partial charge >= 0.3 is 0 Å². The van der Waals surface area contributed by atoms with E-state index in [0.29, 0.717) is 34.1 Å². The maximum absolute atomic E-state index is 12.2. The van der Waals surface area contributed by atoms with Crippen LogP contribution < -0.4 is 19.5 Å². The third-order valence-electron chi connectivity index (χ3n) is 3.84. The number of carbonyl (C=O) groups excluding carboxylic acids is 1. The van der Waals surface area contributed by atoms with Gasteiger partial charge in [0.1, 0.15) is 0 Å². The number of nitrogens with one attached hydrogen (secondary N) is 1. The van der Waals surface area contributed by atoms with Crippen molar-refractivity contribution >= 4 is 23.4 Å². The van der Waals surface area contributed by atoms with Crippen LogP contribution in [0.15, 0.2) is 36.4 Å². The van der Waals surface area contributed by atoms with Gasteiger partial charge in [-0.1, -0.05) is 6.07 Å². The summed E-state index contributed by atoms with van der Waals surface area (Å²) in [6.07, 6.45) is 2.87. The van der Waals surface area contributed by atoms with Crippen molar-refractivity contribution in [2.45, 2.75) is 6.92 Å². The van der Waals surface area contributed by atoms with Gasteiger partial charge in [0.15, 0.2) is 11.5 Å². The summed E-state index contributed by atoms with van der Waals surface area (Å²) in [5, 5.41) is 13.5. The summed E-state index contributed by atoms with van der Waals surface area (Å²) in [7, 11) is 4.49. The largest absolute Gasteiger partial charge is 0.493 e. The van der Waals surface area contributed by atoms with Crippen LogP contribution in [0.4, 0.5) is 11.4 Å². The number of rotatable bonds is 7. The Bertz CT molecular complexity index is 892. The van der Waals surface area contributed by atoms with E-state index in [1.54, 1.807) is 31.2 Å². The molecule has 8 heteroatoms. The van der Waals surface area contributed by atoms with Crippen LogP contribution in [0.3, 0.4) is 0 Å². The van der Waals surface area contributed by atoms with Crippen LogP contribution in [0.5, 0.6) is 17.2 Å². The molecule has 2 rings (SSSR count). The summed E-state index contributed by atoms with van der Waals surface area (Å²) >= 11 is 0. The van der Waals surface area contributed by atoms with Crippen molar-refractivity contribution in [3.8, 4) is 17.2 Å². The third kappa shape index (κ3) is 4.55. The Hall–Kier alpha value is -3.55. The molecular formula is C19H20N2O6. The number of anilines is 1. The van der Waals surface area contributed by atoms with E-state index in [1.807, 2.05) is 0 Å². The molecule has 8 nitrogen and oxygen atoms in total. The van der Waals surface area contributed by atoms with Gasteiger partial charge in [-0.25, -0.2) is 0 Å². The number of carbonyl (C=O) groups is 1. The van der Waals surface area contributed by atoms with E-state index in [-0.39, 0.29) is 5.69 Å². The van der Waals surface area contributed by atoms with Gasteiger partial charge in [0, 0.05) is 23.8 Å². The van der Waals surface area contributed by atoms with Gasteiger partial charge in [0.05, 0.1) is 31.9 Å². The van der Waals surface area contributed by atoms with E-state index in [0.717, 1.165) is 0 Å². The maximum Gasteiger partial charge on any atom is 0.271 e. The van der Waals surface area contributed by atoms with Gasteiger partial charge in [0.2, 0.25) is 11.7 Å². The predicted molar refractivity (Wildman–Crippen MR) is 102 cm³/mol. The molecule has 0 saturated carbocycles. The quantitative estimate of drug-likeness (QED) is 0.453. The van der Waals surface area contributed by atoms with Gasteiger partial charge in [-0.2, -0.15) is 0 Å². The molecule has 0 heterocycles. The molecule has 1 amide bonds. The van der Waals surface area contributed by atoms with Crippen LogP contribution in [-0.4, -0.2) is 32.2 Å². The topological polar surface area (TPSA) is 99.9 Å². The number of hydrogen-bond donors (Lipinski definition) is 1. The molecule has 0 saturated heterocycles. The maximum atomic E-state index is 12.2. The number of hydrogen-bond acceptors (Lipinski definition) is 6. The molecular weight excluding hydrogens is 352 g/mol. The molecule has 2 aromatic carbocycles. The number of ether oxygens (including phenoxy) is 3. The molecule has 27 heavy (non-hydrogen) atoms. The van der Waals surface area contributed by atoms with Crippen LogP contribution in [0.25, 0.3) is 6.08 Å². The van der Waals surface area contributed by atoms with Crippen LogP contribution in [0.2, 0.25) is 0 Å². The van der Waals surface area contributed by atoms with Crippen LogP contribution >= 0.6 is 0 Å². The summed E-state index contributed by atoms with van der Waals surface area (Å²) in [5.74, 6) is 0.906. The van der Waals surface area contributed by atoms with Crippen molar-refractivity contribution in [2.24, 2.45) is 0 Å². The van der Waals surface area contributed by atoms with Crippen molar-refractivity contribution in [1.82, 2.24) is 0 Å². The van der Waals surface area contributed by atoms with E-state index in [2.05, 4.69) is 5.32 Å². The Balaban J connectivity index is 2.25. The van der Waals surface area contributed by atoms with E-state index in [9.17, 15) is 14.9 Å². The number of amides is 1. The summed E-state index contributed by atoms with van der Waals surface area (Å²) in [4.78, 5) is 22.6. The first-order chi connectivity index (χ1) is 12.9. The highest BCUT2D eigenvalue weighted by Crippen LogP contribution is 2.40. The lowest BCUT2D eigenvalue weighted by Crippen LogP contribution is -2.09. The van der Waals surface area contributed by atoms with E-state index < -0.39 is 10.8 Å². The van der Waals surface area contributed by atoms with Crippen molar-refractivity contribution < 1.29 is 23.9 Å². The van der Waals surface area contributed by atoms with Gasteiger partial charge in [-0.15, -0.1) is 0 Å². The SMILES string of the molecule is COc1ccc(/C=C/C(=O)Nc2cc([N+](=O)[O-])ccc2C)c(OC)c1OC. The first kappa shape index (κ1) is 19.8. The second-order valence-electron chi connectivity index (χ2n) is 5.50. The lowest BCUT2D eigenvalue weighted by atomic mass is 10.1. The molecule has 0 fully saturated rings. The Morgan fingerprint density at radius 1 is 1.07 bits per heavy atom. The molecule has 0 unspecified atom stereocenters. The fourth-order valence-electron chi connectivity index (χ4n) is 2.45. The van der Waals surface area contributed by atoms with Crippen LogP contribution in [0, 0.1) is 17.0 Å². The normalized spacial score (nSPS) is 10.5. The molecule has 0 aliphatic rings. The van der Waals surface area contributed by atoms with E-state index >= 15 is 0 Å². The number of benzene rings is 2. The van der Waals surface area contributed by atoms with Crippen LogP contribution in [0.1, 0.15) is 11.1 Å². The molecule has 142 valence electrons. The Morgan fingerprint density at radius 3 is 2.37 bits per heavy atom. The Kier molecular flexibility index (Phi) is 6.37. The summed E-state index contributed by atoms with van der Waals surface area (Å²) in [6, 6.07) is 7.70. The first-order valence-corrected chi connectivity index (χ1v) is 7.94. The second kappa shape index (κ2) is 8.70. The molecule has 1 N–H and O–H groups in total. The van der Waals surface area contributed by atoms with Gasteiger partial charge in [0.25, 0.3) is 5.69 Å². The number of nitro benzene ring substituents is 1. The standard InChI is InChI=1S/C19H20N2O6/c1-12-5-8-14(21(23)24)11-15(12)20-17(22)10-7-13-6-9-16(25-2)19(27-4)18(13)26-3/h5-11H,1-4H3,(H,20,22)/b10-7+. The third-order valence-corrected chi connectivity index (χ3v) is 3.84. The van der Waals surface area contributed by atoms with Gasteiger partial charge < -0.3 is 19.5 Å². The molecule has 0 atom stereocenters. The average molecular weight is 372 g/mol. The monoisotopic (exact) mass is 372 g/mol. The molecule has 0 bridgehead atoms. The van der Waals surface area contributed by atoms with Crippen molar-refractivity contribution in [3.63, 3.8) is 0 Å². The number of aryl methyl sites for hydroxylation is 1. The number of methoxy groups -OCH3 is 3. The lowest BCUT2D eigenvalue weighted by molar-refractivity contribution is -0.384. The van der Waals surface area contributed by atoms with E-state index in [4.69, 9.17) is 14.2 Å². The highest BCUT2D eigenvalue weighted by molar-refractivity contribution is 6.02. The van der Waals surface area contributed by atoms with Crippen molar-refractivity contribution in [2.75, 3.05) is 26.6 Å². The molecule has 2 aromatic rings. The zero-order chi connectivity index (χ0) is 20.0. The molecule has 0 aliphatic carbocycles. The van der Waals surface area contributed by atoms with Crippen molar-refractivity contribution in [1.29, 1.82) is 0 Å². The van der Waals surface area contributed by atoms with Crippen molar-refractivity contribution in [3.05, 3.63) is 57.6 Å². The summed E-state index contributed by atoms with van der Waals surface area (Å²) in [5.41, 5.74) is 1.60. The molecule has 0 aliphatic heterocycles. The first-order valence-electron chi connectivity index (χ1n) is 7.94. The van der Waals surface area contributed by atoms with Gasteiger partial charge in [-0.05, 0) is 30.7 Å². The summed E-state index contributed by atoms with van der Waals surface area (Å²) < 4.78 is 15.9. The smallest absolute Gasteiger partial charge is 0.271 e.